The van der Waals surface area contributed by atoms with E-state index in [2.05, 4.69) is 18.3 Å². The number of carbonyl (C=O) groups excluding carboxylic acids is 1. The Morgan fingerprint density at radius 3 is 2.94 bits per heavy atom. The van der Waals surface area contributed by atoms with Crippen LogP contribution in [0.5, 0.6) is 0 Å². The average molecular weight is 241 g/mol. The molecule has 1 unspecified atom stereocenters. The van der Waals surface area contributed by atoms with E-state index in [4.69, 9.17) is 4.74 Å². The molecule has 3 nitrogen and oxygen atoms in total. The number of hydrogen-bond donors (Lipinski definition) is 1. The lowest BCUT2D eigenvalue weighted by Gasteiger charge is -2.15. The first-order chi connectivity index (χ1) is 7.77. The highest BCUT2D eigenvalue weighted by Crippen LogP contribution is 2.09. The molecular formula is C12H19NO2S. The lowest BCUT2D eigenvalue weighted by Crippen LogP contribution is -2.37. The topological polar surface area (TPSA) is 38.3 Å². The van der Waals surface area contributed by atoms with Gasteiger partial charge in [-0.05, 0) is 24.8 Å². The average Bonchev–Trinajstić information content (AvgIpc) is 2.77. The van der Waals surface area contributed by atoms with Crippen molar-refractivity contribution in [2.24, 2.45) is 0 Å². The molecule has 90 valence electrons. The van der Waals surface area contributed by atoms with Crippen LogP contribution in [0.25, 0.3) is 0 Å². The highest BCUT2D eigenvalue weighted by Gasteiger charge is 2.17. The summed E-state index contributed by atoms with van der Waals surface area (Å²) in [6.07, 6.45) is 1.80. The number of esters is 1. The van der Waals surface area contributed by atoms with Crippen LogP contribution in [0.3, 0.4) is 0 Å². The van der Waals surface area contributed by atoms with Crippen LogP contribution in [0.1, 0.15) is 31.6 Å². The van der Waals surface area contributed by atoms with E-state index in [1.807, 2.05) is 18.4 Å². The van der Waals surface area contributed by atoms with Gasteiger partial charge in [-0.2, -0.15) is 0 Å². The molecule has 1 atom stereocenters. The van der Waals surface area contributed by atoms with Crippen LogP contribution in [-0.2, 0) is 16.1 Å². The fraction of sp³-hybridized carbons (Fsp3) is 0.583. The Morgan fingerprint density at radius 2 is 2.38 bits per heavy atom. The summed E-state index contributed by atoms with van der Waals surface area (Å²) in [5.74, 6) is -0.138. The third-order valence-electron chi connectivity index (χ3n) is 2.25. The molecule has 0 aliphatic heterocycles. The molecule has 0 aliphatic carbocycles. The van der Waals surface area contributed by atoms with Gasteiger partial charge in [0, 0.05) is 11.4 Å². The van der Waals surface area contributed by atoms with Gasteiger partial charge in [0.1, 0.15) is 6.04 Å². The van der Waals surface area contributed by atoms with Gasteiger partial charge >= 0.3 is 5.97 Å². The number of thiophene rings is 1. The molecule has 4 heteroatoms. The van der Waals surface area contributed by atoms with Gasteiger partial charge in [0.05, 0.1) is 6.61 Å². The molecule has 0 fully saturated rings. The van der Waals surface area contributed by atoms with Crippen LogP contribution in [0.4, 0.5) is 0 Å². The summed E-state index contributed by atoms with van der Waals surface area (Å²) in [7, 11) is 0. The summed E-state index contributed by atoms with van der Waals surface area (Å²) in [5.41, 5.74) is 0. The Labute approximate surface area is 101 Å². The Morgan fingerprint density at radius 1 is 1.56 bits per heavy atom. The van der Waals surface area contributed by atoms with Gasteiger partial charge < -0.3 is 4.74 Å². The number of carbonyl (C=O) groups is 1. The second kappa shape index (κ2) is 7.41. The summed E-state index contributed by atoms with van der Waals surface area (Å²) in [5, 5.41) is 5.28. The second-order valence-corrected chi connectivity index (χ2v) is 4.59. The predicted octanol–water partition coefficient (Wildman–Crippen LogP) is 2.57. The molecular weight excluding hydrogens is 222 g/mol. The SMILES string of the molecule is CCCC(NCc1cccs1)C(=O)OCC. The molecule has 16 heavy (non-hydrogen) atoms. The minimum Gasteiger partial charge on any atom is -0.465 e. The number of ether oxygens (including phenoxy) is 1. The van der Waals surface area contributed by atoms with E-state index >= 15 is 0 Å². The van der Waals surface area contributed by atoms with Gasteiger partial charge in [-0.3, -0.25) is 10.1 Å². The molecule has 1 aromatic heterocycles. The molecule has 0 spiro atoms. The third-order valence-corrected chi connectivity index (χ3v) is 3.13. The van der Waals surface area contributed by atoms with Gasteiger partial charge in [0.2, 0.25) is 0 Å². The fourth-order valence-electron chi connectivity index (χ4n) is 1.47. The summed E-state index contributed by atoms with van der Waals surface area (Å²) in [4.78, 5) is 12.9. The lowest BCUT2D eigenvalue weighted by molar-refractivity contribution is -0.145. The van der Waals surface area contributed by atoms with E-state index < -0.39 is 0 Å². The Bertz CT molecular complexity index is 298. The smallest absolute Gasteiger partial charge is 0.323 e. The monoisotopic (exact) mass is 241 g/mol. The first-order valence-electron chi connectivity index (χ1n) is 5.70. The molecule has 0 saturated carbocycles. The third kappa shape index (κ3) is 4.33. The number of hydrogen-bond acceptors (Lipinski definition) is 4. The maximum Gasteiger partial charge on any atom is 0.323 e. The maximum absolute atomic E-state index is 11.6. The summed E-state index contributed by atoms with van der Waals surface area (Å²) in [6, 6.07) is 3.90. The Hall–Kier alpha value is -0.870. The van der Waals surface area contributed by atoms with Gasteiger partial charge in [-0.25, -0.2) is 0 Å². The van der Waals surface area contributed by atoms with Crippen molar-refractivity contribution in [3.63, 3.8) is 0 Å². The zero-order chi connectivity index (χ0) is 11.8. The minimum atomic E-state index is -0.174. The van der Waals surface area contributed by atoms with Crippen molar-refractivity contribution in [2.45, 2.75) is 39.3 Å². The van der Waals surface area contributed by atoms with E-state index in [-0.39, 0.29) is 12.0 Å². The first kappa shape index (κ1) is 13.2. The number of rotatable bonds is 7. The lowest BCUT2D eigenvalue weighted by atomic mass is 10.1. The molecule has 0 saturated heterocycles. The second-order valence-electron chi connectivity index (χ2n) is 3.55. The van der Waals surface area contributed by atoms with E-state index in [0.29, 0.717) is 6.61 Å². The van der Waals surface area contributed by atoms with Gasteiger partial charge in [-0.1, -0.05) is 19.4 Å². The quantitative estimate of drug-likeness (QED) is 0.746. The molecule has 0 amide bonds. The van der Waals surface area contributed by atoms with Crippen LogP contribution in [-0.4, -0.2) is 18.6 Å². The molecule has 1 rings (SSSR count). The van der Waals surface area contributed by atoms with Crippen molar-refractivity contribution >= 4 is 17.3 Å². The molecule has 0 radical (unpaired) electrons. The molecule has 0 bridgehead atoms. The highest BCUT2D eigenvalue weighted by molar-refractivity contribution is 7.09. The van der Waals surface area contributed by atoms with Crippen LogP contribution < -0.4 is 5.32 Å². The van der Waals surface area contributed by atoms with Crippen molar-refractivity contribution in [3.05, 3.63) is 22.4 Å². The summed E-state index contributed by atoms with van der Waals surface area (Å²) >= 11 is 1.69. The first-order valence-corrected chi connectivity index (χ1v) is 6.58. The van der Waals surface area contributed by atoms with Crippen LogP contribution in [0.2, 0.25) is 0 Å². The number of nitrogens with one attached hydrogen (secondary N) is 1. The highest BCUT2D eigenvalue weighted by atomic mass is 32.1. The van der Waals surface area contributed by atoms with Gasteiger partial charge in [0.15, 0.2) is 0 Å². The standard InChI is InChI=1S/C12H19NO2S/c1-3-6-11(12(14)15-4-2)13-9-10-7-5-8-16-10/h5,7-8,11,13H,3-4,6,9H2,1-2H3. The fourth-order valence-corrected chi connectivity index (χ4v) is 2.13. The largest absolute Gasteiger partial charge is 0.465 e. The van der Waals surface area contributed by atoms with Crippen LogP contribution in [0.15, 0.2) is 17.5 Å². The molecule has 0 aromatic carbocycles. The van der Waals surface area contributed by atoms with Gasteiger partial charge in [-0.15, -0.1) is 11.3 Å². The van der Waals surface area contributed by atoms with Crippen molar-refractivity contribution in [1.29, 1.82) is 0 Å². The molecule has 1 aromatic rings. The normalized spacial score (nSPS) is 12.4. The van der Waals surface area contributed by atoms with Crippen LogP contribution >= 0.6 is 11.3 Å². The van der Waals surface area contributed by atoms with E-state index in [1.54, 1.807) is 11.3 Å². The van der Waals surface area contributed by atoms with Crippen LogP contribution in [0, 0.1) is 0 Å². The Balaban J connectivity index is 2.41. The van der Waals surface area contributed by atoms with E-state index in [0.717, 1.165) is 19.4 Å². The van der Waals surface area contributed by atoms with E-state index in [9.17, 15) is 4.79 Å². The molecule has 0 aliphatic rings. The molecule has 1 N–H and O–H groups in total. The Kier molecular flexibility index (Phi) is 6.11. The van der Waals surface area contributed by atoms with Crippen molar-refractivity contribution < 1.29 is 9.53 Å². The van der Waals surface area contributed by atoms with Crippen molar-refractivity contribution in [1.82, 2.24) is 5.32 Å². The minimum absolute atomic E-state index is 0.138. The van der Waals surface area contributed by atoms with Crippen molar-refractivity contribution in [2.75, 3.05) is 6.61 Å². The maximum atomic E-state index is 11.6. The zero-order valence-corrected chi connectivity index (χ0v) is 10.7. The van der Waals surface area contributed by atoms with Gasteiger partial charge in [0.25, 0.3) is 0 Å². The summed E-state index contributed by atoms with van der Waals surface area (Å²) in [6.45, 7) is 5.08. The van der Waals surface area contributed by atoms with E-state index in [1.165, 1.54) is 4.88 Å². The van der Waals surface area contributed by atoms with Crippen molar-refractivity contribution in [3.8, 4) is 0 Å². The predicted molar refractivity (Wildman–Crippen MR) is 66.5 cm³/mol. The molecule has 1 heterocycles. The summed E-state index contributed by atoms with van der Waals surface area (Å²) < 4.78 is 5.03. The zero-order valence-electron chi connectivity index (χ0n) is 9.86.